The molecule has 0 radical (unpaired) electrons. The number of ether oxygens (including phenoxy) is 2. The fourth-order valence-electron chi connectivity index (χ4n) is 4.75. The third-order valence-electron chi connectivity index (χ3n) is 6.39. The Morgan fingerprint density at radius 3 is 2.81 bits per heavy atom. The second-order valence-electron chi connectivity index (χ2n) is 8.46. The van der Waals surface area contributed by atoms with Crippen molar-refractivity contribution in [3.8, 4) is 5.75 Å². The molecule has 6 heteroatoms. The van der Waals surface area contributed by atoms with E-state index in [0.29, 0.717) is 25.4 Å². The lowest BCUT2D eigenvalue weighted by atomic mass is 9.94. The molecule has 1 amide bonds. The summed E-state index contributed by atoms with van der Waals surface area (Å²) in [5, 5.41) is 1.12. The zero-order chi connectivity index (χ0) is 22.0. The lowest BCUT2D eigenvalue weighted by Gasteiger charge is -2.31. The number of carbonyl (C=O) groups excluding carboxylic acids is 2. The number of esters is 1. The van der Waals surface area contributed by atoms with E-state index >= 15 is 0 Å². The lowest BCUT2D eigenvalue weighted by Crippen LogP contribution is -2.42. The molecule has 1 aliphatic heterocycles. The Morgan fingerprint density at radius 1 is 1.23 bits per heavy atom. The number of nitrogens with zero attached hydrogens (tertiary/aromatic N) is 1. The number of allylic oxidation sites excluding steroid dienone is 1. The van der Waals surface area contributed by atoms with Gasteiger partial charge in [-0.3, -0.25) is 9.59 Å². The molecule has 1 fully saturated rings. The third kappa shape index (κ3) is 4.34. The first-order valence-electron chi connectivity index (χ1n) is 11.3. The molecule has 1 atom stereocenters. The number of aryl methyl sites for hydroxylation is 2. The Bertz CT molecular complexity index is 1020. The van der Waals surface area contributed by atoms with Crippen LogP contribution in [0.15, 0.2) is 22.6 Å². The Morgan fingerprint density at radius 2 is 2.03 bits per heavy atom. The Labute approximate surface area is 183 Å². The number of methoxy groups -OCH3 is 1. The van der Waals surface area contributed by atoms with Gasteiger partial charge in [0.2, 0.25) is 5.91 Å². The molecule has 2 aromatic rings. The van der Waals surface area contributed by atoms with Crippen molar-refractivity contribution >= 4 is 28.4 Å². The zero-order valence-corrected chi connectivity index (χ0v) is 18.7. The van der Waals surface area contributed by atoms with Gasteiger partial charge in [0.15, 0.2) is 0 Å². The summed E-state index contributed by atoms with van der Waals surface area (Å²) in [6.45, 7) is 5.16. The number of hydrogen-bond acceptors (Lipinski definition) is 5. The zero-order valence-electron chi connectivity index (χ0n) is 18.7. The lowest BCUT2D eigenvalue weighted by molar-refractivity contribution is -0.150. The van der Waals surface area contributed by atoms with Crippen molar-refractivity contribution in [1.29, 1.82) is 0 Å². The van der Waals surface area contributed by atoms with Crippen molar-refractivity contribution < 1.29 is 23.5 Å². The summed E-state index contributed by atoms with van der Waals surface area (Å²) in [5.41, 5.74) is 3.88. The molecule has 0 N–H and O–H groups in total. The minimum Gasteiger partial charge on any atom is -0.496 e. The quantitative estimate of drug-likeness (QED) is 0.520. The number of carbonyl (C=O) groups is 2. The maximum absolute atomic E-state index is 13.0. The first kappa shape index (κ1) is 21.5. The summed E-state index contributed by atoms with van der Waals surface area (Å²) in [4.78, 5) is 26.8. The summed E-state index contributed by atoms with van der Waals surface area (Å²) < 4.78 is 16.9. The summed E-state index contributed by atoms with van der Waals surface area (Å²) >= 11 is 0. The standard InChI is InChI=1S/C25H31NO5/c1-4-30-25(28)17-8-7-11-26(15-17)24(27)12-16(2)19-13-20-18-9-5-6-10-21(18)31-23(20)14-22(19)29-3/h12-14,17H,4-11,15H2,1-3H3/b16-12+. The van der Waals surface area contributed by atoms with E-state index in [9.17, 15) is 9.59 Å². The van der Waals surface area contributed by atoms with Gasteiger partial charge in [-0.25, -0.2) is 0 Å². The third-order valence-corrected chi connectivity index (χ3v) is 6.39. The summed E-state index contributed by atoms with van der Waals surface area (Å²) in [7, 11) is 1.64. The molecule has 1 aromatic carbocycles. The largest absolute Gasteiger partial charge is 0.496 e. The van der Waals surface area contributed by atoms with E-state index in [1.807, 2.05) is 13.0 Å². The Balaban J connectivity index is 1.59. The predicted octanol–water partition coefficient (Wildman–Crippen LogP) is 4.53. The van der Waals surface area contributed by atoms with E-state index in [1.165, 1.54) is 12.0 Å². The number of hydrogen-bond donors (Lipinski definition) is 0. The van der Waals surface area contributed by atoms with Crippen molar-refractivity contribution in [2.75, 3.05) is 26.8 Å². The van der Waals surface area contributed by atoms with Crippen LogP contribution in [0.25, 0.3) is 16.5 Å². The van der Waals surface area contributed by atoms with Crippen LogP contribution < -0.4 is 4.74 Å². The van der Waals surface area contributed by atoms with E-state index < -0.39 is 0 Å². The second-order valence-corrected chi connectivity index (χ2v) is 8.46. The molecule has 0 bridgehead atoms. The van der Waals surface area contributed by atoms with Crippen molar-refractivity contribution in [3.05, 3.63) is 35.1 Å². The van der Waals surface area contributed by atoms with Crippen molar-refractivity contribution in [2.45, 2.75) is 52.4 Å². The molecule has 31 heavy (non-hydrogen) atoms. The fraction of sp³-hybridized carbons (Fsp3) is 0.520. The number of fused-ring (bicyclic) bond motifs is 3. The highest BCUT2D eigenvalue weighted by atomic mass is 16.5. The molecule has 1 unspecified atom stereocenters. The van der Waals surface area contributed by atoms with Gasteiger partial charge in [-0.15, -0.1) is 0 Å². The van der Waals surface area contributed by atoms with E-state index in [4.69, 9.17) is 13.9 Å². The van der Waals surface area contributed by atoms with Gasteiger partial charge in [-0.2, -0.15) is 0 Å². The number of furan rings is 1. The van der Waals surface area contributed by atoms with Crippen LogP contribution in [0, 0.1) is 5.92 Å². The maximum atomic E-state index is 13.0. The van der Waals surface area contributed by atoms with Gasteiger partial charge >= 0.3 is 5.97 Å². The number of benzene rings is 1. The normalized spacial score (nSPS) is 19.3. The number of rotatable bonds is 5. The summed E-state index contributed by atoms with van der Waals surface area (Å²) in [5.74, 6) is 1.25. The summed E-state index contributed by atoms with van der Waals surface area (Å²) in [6.07, 6.45) is 7.56. The average Bonchev–Trinajstić information content (AvgIpc) is 3.15. The molecule has 6 nitrogen and oxygen atoms in total. The molecule has 4 rings (SSSR count). The van der Waals surface area contributed by atoms with Crippen LogP contribution in [-0.4, -0.2) is 43.6 Å². The van der Waals surface area contributed by atoms with Crippen LogP contribution >= 0.6 is 0 Å². The smallest absolute Gasteiger partial charge is 0.310 e. The van der Waals surface area contributed by atoms with Gasteiger partial charge in [0.1, 0.15) is 17.1 Å². The first-order valence-corrected chi connectivity index (χ1v) is 11.3. The monoisotopic (exact) mass is 425 g/mol. The molecule has 166 valence electrons. The van der Waals surface area contributed by atoms with E-state index in [-0.39, 0.29) is 17.8 Å². The van der Waals surface area contributed by atoms with Gasteiger partial charge in [0.25, 0.3) is 0 Å². The van der Waals surface area contributed by atoms with Crippen LogP contribution in [0.4, 0.5) is 0 Å². The van der Waals surface area contributed by atoms with Crippen LogP contribution in [0.3, 0.4) is 0 Å². The molecular weight excluding hydrogens is 394 g/mol. The van der Waals surface area contributed by atoms with Crippen molar-refractivity contribution in [1.82, 2.24) is 4.90 Å². The van der Waals surface area contributed by atoms with E-state index in [1.54, 1.807) is 25.0 Å². The molecule has 2 heterocycles. The van der Waals surface area contributed by atoms with Crippen molar-refractivity contribution in [2.24, 2.45) is 5.92 Å². The van der Waals surface area contributed by atoms with Crippen LogP contribution in [0.1, 0.15) is 56.4 Å². The second kappa shape index (κ2) is 9.16. The maximum Gasteiger partial charge on any atom is 0.310 e. The first-order chi connectivity index (χ1) is 15.0. The van der Waals surface area contributed by atoms with Gasteiger partial charge in [0.05, 0.1) is 19.6 Å². The fourth-order valence-corrected chi connectivity index (χ4v) is 4.75. The number of amides is 1. The van der Waals surface area contributed by atoms with Gasteiger partial charge in [-0.1, -0.05) is 0 Å². The summed E-state index contributed by atoms with van der Waals surface area (Å²) in [6, 6.07) is 4.03. The number of likely N-dealkylation sites (tertiary alicyclic amines) is 1. The van der Waals surface area contributed by atoms with Gasteiger partial charge < -0.3 is 18.8 Å². The highest BCUT2D eigenvalue weighted by Gasteiger charge is 2.29. The van der Waals surface area contributed by atoms with Crippen LogP contribution in [0.5, 0.6) is 5.75 Å². The predicted molar refractivity (Wildman–Crippen MR) is 119 cm³/mol. The average molecular weight is 426 g/mol. The van der Waals surface area contributed by atoms with Crippen LogP contribution in [-0.2, 0) is 27.2 Å². The topological polar surface area (TPSA) is 69.0 Å². The molecular formula is C25H31NO5. The van der Waals surface area contributed by atoms with Gasteiger partial charge in [-0.05, 0) is 57.6 Å². The molecule has 0 saturated carbocycles. The molecule has 1 saturated heterocycles. The van der Waals surface area contributed by atoms with Gasteiger partial charge in [0, 0.05) is 48.2 Å². The molecule has 1 aliphatic carbocycles. The SMILES string of the molecule is CCOC(=O)C1CCCN(C(=O)/C=C(\C)c2cc3c4c(oc3cc2OC)CCCC4)C1. The molecule has 2 aliphatic rings. The Kier molecular flexibility index (Phi) is 6.35. The molecule has 0 spiro atoms. The minimum atomic E-state index is -0.241. The minimum absolute atomic E-state index is 0.0807. The van der Waals surface area contributed by atoms with Crippen LogP contribution in [0.2, 0.25) is 0 Å². The highest BCUT2D eigenvalue weighted by molar-refractivity contribution is 5.97. The number of piperidine rings is 1. The Hall–Kier alpha value is -2.76. The van der Waals surface area contributed by atoms with E-state index in [0.717, 1.165) is 60.0 Å². The molecule has 1 aromatic heterocycles. The highest BCUT2D eigenvalue weighted by Crippen LogP contribution is 2.38. The van der Waals surface area contributed by atoms with Crippen molar-refractivity contribution in [3.63, 3.8) is 0 Å². The van der Waals surface area contributed by atoms with E-state index in [2.05, 4.69) is 6.07 Å².